The third-order valence-electron chi connectivity index (χ3n) is 4.77. The molecule has 0 aliphatic carbocycles. The fourth-order valence-corrected chi connectivity index (χ4v) is 4.04. The number of ketones is 1. The van der Waals surface area contributed by atoms with Crippen LogP contribution < -0.4 is 9.64 Å². The van der Waals surface area contributed by atoms with Gasteiger partial charge in [-0.2, -0.15) is 0 Å². The van der Waals surface area contributed by atoms with Crippen LogP contribution in [0.15, 0.2) is 78.3 Å². The van der Waals surface area contributed by atoms with Crippen molar-refractivity contribution in [1.82, 2.24) is 4.98 Å². The molecule has 1 saturated heterocycles. The number of amides is 1. The number of aromatic nitrogens is 1. The lowest BCUT2D eigenvalue weighted by Gasteiger charge is -2.23. The summed E-state index contributed by atoms with van der Waals surface area (Å²) in [6.07, 6.45) is 3.09. The van der Waals surface area contributed by atoms with Gasteiger partial charge in [0.25, 0.3) is 5.78 Å². The number of rotatable bonds is 6. The van der Waals surface area contributed by atoms with E-state index in [-0.39, 0.29) is 16.3 Å². The number of hydrogen-bond acceptors (Lipinski definition) is 6. The molecule has 1 atom stereocenters. The maximum absolute atomic E-state index is 14.7. The number of hydrogen-bond donors (Lipinski definition) is 1. The second-order valence-corrected chi connectivity index (χ2v) is 7.50. The summed E-state index contributed by atoms with van der Waals surface area (Å²) in [5.74, 6) is -2.25. The van der Waals surface area contributed by atoms with Gasteiger partial charge in [-0.1, -0.05) is 30.9 Å². The molecule has 2 aromatic carbocycles. The van der Waals surface area contributed by atoms with Gasteiger partial charge in [-0.25, -0.2) is 9.37 Å². The SMILES string of the molecule is C=CCOc1ccc(C(O)=C2C(=O)C(=O)N(c3nccs3)[C@H]2c2ccccc2F)cc1. The first-order chi connectivity index (χ1) is 15.0. The van der Waals surface area contributed by atoms with Gasteiger partial charge in [0.1, 0.15) is 30.0 Å². The van der Waals surface area contributed by atoms with Gasteiger partial charge < -0.3 is 9.84 Å². The Morgan fingerprint density at radius 1 is 1.23 bits per heavy atom. The summed E-state index contributed by atoms with van der Waals surface area (Å²) >= 11 is 1.14. The number of halogens is 1. The van der Waals surface area contributed by atoms with E-state index in [1.807, 2.05) is 0 Å². The van der Waals surface area contributed by atoms with E-state index in [1.54, 1.807) is 41.8 Å². The Bertz CT molecular complexity index is 1170. The molecular weight excluding hydrogens is 419 g/mol. The van der Waals surface area contributed by atoms with Crippen LogP contribution in [0.5, 0.6) is 5.75 Å². The molecule has 3 aromatic rings. The molecular formula is C23H17FN2O4S. The summed E-state index contributed by atoms with van der Waals surface area (Å²) in [5, 5.41) is 12.9. The number of aliphatic hydroxyl groups is 1. The van der Waals surface area contributed by atoms with Gasteiger partial charge in [-0.3, -0.25) is 14.5 Å². The Morgan fingerprint density at radius 3 is 2.61 bits per heavy atom. The van der Waals surface area contributed by atoms with E-state index >= 15 is 0 Å². The van der Waals surface area contributed by atoms with Crippen LogP contribution >= 0.6 is 11.3 Å². The standard InChI is InChI=1S/C23H17FN2O4S/c1-2-12-30-15-9-7-14(8-10-15)20(27)18-19(16-5-3-4-6-17(16)24)26(22(29)21(18)28)23-25-11-13-31-23/h2-11,13,19,27H,1,12H2/t19-/m0/s1. The molecule has 6 nitrogen and oxygen atoms in total. The summed E-state index contributed by atoms with van der Waals surface area (Å²) in [6, 6.07) is 11.0. The lowest BCUT2D eigenvalue weighted by molar-refractivity contribution is -0.132. The molecule has 1 amide bonds. The minimum Gasteiger partial charge on any atom is -0.507 e. The zero-order valence-corrected chi connectivity index (χ0v) is 17.0. The fourth-order valence-electron chi connectivity index (χ4n) is 3.38. The van der Waals surface area contributed by atoms with Crippen LogP contribution in [0.1, 0.15) is 17.2 Å². The molecule has 1 N–H and O–H groups in total. The third kappa shape index (κ3) is 3.73. The molecule has 1 aliphatic rings. The largest absolute Gasteiger partial charge is 0.507 e. The van der Waals surface area contributed by atoms with Crippen molar-refractivity contribution < 1.29 is 23.8 Å². The van der Waals surface area contributed by atoms with Crippen LogP contribution in [-0.4, -0.2) is 28.4 Å². The fraction of sp³-hybridized carbons (Fsp3) is 0.0870. The first-order valence-electron chi connectivity index (χ1n) is 9.32. The predicted octanol–water partition coefficient (Wildman–Crippen LogP) is 4.47. The molecule has 31 heavy (non-hydrogen) atoms. The smallest absolute Gasteiger partial charge is 0.301 e. The van der Waals surface area contributed by atoms with Crippen LogP contribution in [0.25, 0.3) is 5.76 Å². The predicted molar refractivity (Wildman–Crippen MR) is 115 cm³/mol. The maximum atomic E-state index is 14.7. The Kier molecular flexibility index (Phi) is 5.64. The van der Waals surface area contributed by atoms with Gasteiger partial charge in [0.15, 0.2) is 5.13 Å². The monoisotopic (exact) mass is 436 g/mol. The average Bonchev–Trinajstić information content (AvgIpc) is 3.39. The summed E-state index contributed by atoms with van der Waals surface area (Å²) in [4.78, 5) is 31.0. The molecule has 1 aromatic heterocycles. The quantitative estimate of drug-likeness (QED) is 0.267. The number of nitrogens with zero attached hydrogens (tertiary/aromatic N) is 2. The maximum Gasteiger partial charge on any atom is 0.301 e. The van der Waals surface area contributed by atoms with Crippen molar-refractivity contribution in [3.63, 3.8) is 0 Å². The number of carbonyl (C=O) groups is 2. The molecule has 0 saturated carbocycles. The number of Topliss-reactive ketones (excluding diaryl/α,β-unsaturated/α-hetero) is 1. The van der Waals surface area contributed by atoms with Crippen LogP contribution in [0.4, 0.5) is 9.52 Å². The van der Waals surface area contributed by atoms with Crippen LogP contribution in [0, 0.1) is 5.82 Å². The Morgan fingerprint density at radius 2 is 1.97 bits per heavy atom. The van der Waals surface area contributed by atoms with E-state index in [0.29, 0.717) is 17.9 Å². The Balaban J connectivity index is 1.85. The molecule has 2 heterocycles. The van der Waals surface area contributed by atoms with Gasteiger partial charge >= 0.3 is 5.91 Å². The minimum atomic E-state index is -1.15. The average molecular weight is 436 g/mol. The third-order valence-corrected chi connectivity index (χ3v) is 5.54. The molecule has 0 radical (unpaired) electrons. The molecule has 8 heteroatoms. The zero-order valence-electron chi connectivity index (χ0n) is 16.2. The van der Waals surface area contributed by atoms with E-state index in [0.717, 1.165) is 16.2 Å². The van der Waals surface area contributed by atoms with Crippen molar-refractivity contribution in [3.05, 3.63) is 95.3 Å². The number of ether oxygens (including phenoxy) is 1. The van der Waals surface area contributed by atoms with E-state index in [9.17, 15) is 19.1 Å². The van der Waals surface area contributed by atoms with Gasteiger partial charge in [-0.05, 0) is 30.3 Å². The molecule has 0 bridgehead atoms. The number of carbonyl (C=O) groups excluding carboxylic acids is 2. The number of benzene rings is 2. The highest BCUT2D eigenvalue weighted by molar-refractivity contribution is 7.14. The van der Waals surface area contributed by atoms with Crippen molar-refractivity contribution in [2.24, 2.45) is 0 Å². The highest BCUT2D eigenvalue weighted by atomic mass is 32.1. The summed E-state index contributed by atoms with van der Waals surface area (Å²) in [7, 11) is 0. The van der Waals surface area contributed by atoms with E-state index in [1.165, 1.54) is 24.4 Å². The van der Waals surface area contributed by atoms with Crippen molar-refractivity contribution >= 4 is 33.9 Å². The minimum absolute atomic E-state index is 0.0874. The zero-order chi connectivity index (χ0) is 22.0. The second-order valence-electron chi connectivity index (χ2n) is 6.63. The van der Waals surface area contributed by atoms with Gasteiger partial charge in [0, 0.05) is 22.7 Å². The summed E-state index contributed by atoms with van der Waals surface area (Å²) in [5.41, 5.74) is 0.180. The van der Waals surface area contributed by atoms with Gasteiger partial charge in [0.05, 0.1) is 5.57 Å². The highest BCUT2D eigenvalue weighted by Crippen LogP contribution is 2.43. The normalized spacial score (nSPS) is 17.7. The highest BCUT2D eigenvalue weighted by Gasteiger charge is 2.48. The van der Waals surface area contributed by atoms with Gasteiger partial charge in [-0.15, -0.1) is 11.3 Å². The topological polar surface area (TPSA) is 79.7 Å². The summed E-state index contributed by atoms with van der Waals surface area (Å²) in [6.45, 7) is 3.90. The van der Waals surface area contributed by atoms with Crippen molar-refractivity contribution in [1.29, 1.82) is 0 Å². The van der Waals surface area contributed by atoms with Crippen LogP contribution in [0.2, 0.25) is 0 Å². The Labute approximate surface area is 181 Å². The summed E-state index contributed by atoms with van der Waals surface area (Å²) < 4.78 is 20.2. The molecule has 0 unspecified atom stereocenters. The number of aliphatic hydroxyl groups excluding tert-OH is 1. The first kappa shape index (κ1) is 20.5. The molecule has 0 spiro atoms. The van der Waals surface area contributed by atoms with Crippen LogP contribution in [0.3, 0.4) is 0 Å². The molecule has 156 valence electrons. The van der Waals surface area contributed by atoms with Crippen molar-refractivity contribution in [2.45, 2.75) is 6.04 Å². The van der Waals surface area contributed by atoms with E-state index < -0.39 is 29.3 Å². The van der Waals surface area contributed by atoms with Crippen LogP contribution in [-0.2, 0) is 9.59 Å². The van der Waals surface area contributed by atoms with E-state index in [2.05, 4.69) is 11.6 Å². The second kappa shape index (κ2) is 8.53. The van der Waals surface area contributed by atoms with E-state index in [4.69, 9.17) is 4.74 Å². The Hall–Kier alpha value is -3.78. The van der Waals surface area contributed by atoms with Crippen molar-refractivity contribution in [2.75, 3.05) is 11.5 Å². The van der Waals surface area contributed by atoms with Gasteiger partial charge in [0.2, 0.25) is 0 Å². The lowest BCUT2D eigenvalue weighted by atomic mass is 9.95. The molecule has 4 rings (SSSR count). The number of thiazole rings is 1. The van der Waals surface area contributed by atoms with Crippen molar-refractivity contribution in [3.8, 4) is 5.75 Å². The lowest BCUT2D eigenvalue weighted by Crippen LogP contribution is -2.29. The first-order valence-corrected chi connectivity index (χ1v) is 10.2. The number of anilines is 1. The molecule has 1 fully saturated rings. The molecule has 1 aliphatic heterocycles.